The second-order valence-electron chi connectivity index (χ2n) is 8.97. The molecule has 5 rings (SSSR count). The summed E-state index contributed by atoms with van der Waals surface area (Å²) in [4.78, 5) is 39.5. The minimum atomic E-state index is -0.174. The first-order valence-electron chi connectivity index (χ1n) is 12.1. The fourth-order valence-corrected chi connectivity index (χ4v) is 5.76. The first kappa shape index (κ1) is 27.0. The van der Waals surface area contributed by atoms with Crippen LogP contribution >= 0.6 is 35.3 Å². The monoisotopic (exact) mass is 558 g/mol. The van der Waals surface area contributed by atoms with Crippen LogP contribution in [0.4, 0.5) is 5.69 Å². The van der Waals surface area contributed by atoms with Gasteiger partial charge in [0, 0.05) is 48.2 Å². The van der Waals surface area contributed by atoms with Crippen molar-refractivity contribution in [3.63, 3.8) is 0 Å². The highest BCUT2D eigenvalue weighted by Gasteiger charge is 2.27. The van der Waals surface area contributed by atoms with E-state index in [0.717, 1.165) is 27.1 Å². The second-order valence-corrected chi connectivity index (χ2v) is 10.4. The topological polar surface area (TPSA) is 83.4 Å². The SMILES string of the molecule is Cl.O=C(NCCNc1cccc2ccccc12)C1CCN(C(=O)Cn2c(=O)sc3ccc(Cl)cc32)CC1. The van der Waals surface area contributed by atoms with Gasteiger partial charge in [0.2, 0.25) is 11.8 Å². The number of piperidine rings is 1. The molecule has 37 heavy (non-hydrogen) atoms. The number of nitrogens with one attached hydrogen (secondary N) is 2. The van der Waals surface area contributed by atoms with Gasteiger partial charge in [0.05, 0.1) is 10.2 Å². The minimum Gasteiger partial charge on any atom is -0.383 e. The van der Waals surface area contributed by atoms with Crippen LogP contribution in [-0.4, -0.2) is 47.5 Å². The highest BCUT2D eigenvalue weighted by atomic mass is 35.5. The minimum absolute atomic E-state index is 0. The molecule has 7 nitrogen and oxygen atoms in total. The molecule has 2 N–H and O–H groups in total. The molecule has 194 valence electrons. The Kier molecular flexibility index (Phi) is 8.74. The molecule has 1 saturated heterocycles. The number of carbonyl (C=O) groups excluding carboxylic acids is 2. The van der Waals surface area contributed by atoms with Crippen molar-refractivity contribution in [1.82, 2.24) is 14.8 Å². The summed E-state index contributed by atoms with van der Waals surface area (Å²) in [5, 5.41) is 9.29. The molecule has 1 aliphatic heterocycles. The van der Waals surface area contributed by atoms with Crippen LogP contribution < -0.4 is 15.5 Å². The van der Waals surface area contributed by atoms with Crippen LogP contribution in [0.2, 0.25) is 5.02 Å². The lowest BCUT2D eigenvalue weighted by Crippen LogP contribution is -2.45. The second kappa shape index (κ2) is 12.0. The molecule has 10 heteroatoms. The lowest BCUT2D eigenvalue weighted by molar-refractivity contribution is -0.136. The van der Waals surface area contributed by atoms with E-state index < -0.39 is 0 Å². The van der Waals surface area contributed by atoms with Gasteiger partial charge in [0.1, 0.15) is 6.54 Å². The normalized spacial score (nSPS) is 13.9. The fourth-order valence-electron chi connectivity index (χ4n) is 4.72. The van der Waals surface area contributed by atoms with E-state index in [1.807, 2.05) is 24.3 Å². The molecule has 0 spiro atoms. The van der Waals surface area contributed by atoms with Crippen molar-refractivity contribution in [2.24, 2.45) is 5.92 Å². The zero-order valence-corrected chi connectivity index (χ0v) is 22.5. The van der Waals surface area contributed by atoms with Gasteiger partial charge in [-0.3, -0.25) is 19.0 Å². The molecule has 4 aromatic rings. The smallest absolute Gasteiger partial charge is 0.308 e. The molecule has 0 bridgehead atoms. The van der Waals surface area contributed by atoms with Crippen LogP contribution in [0.5, 0.6) is 0 Å². The van der Waals surface area contributed by atoms with E-state index in [1.165, 1.54) is 9.95 Å². The summed E-state index contributed by atoms with van der Waals surface area (Å²) in [6, 6.07) is 19.6. The maximum Gasteiger partial charge on any atom is 0.308 e. The largest absolute Gasteiger partial charge is 0.383 e. The standard InChI is InChI=1S/C27H27ClN4O3S.ClH/c28-20-8-9-24-23(16-20)32(27(35)36-24)17-25(33)31-14-10-19(11-15-31)26(34)30-13-12-29-22-7-3-5-18-4-1-2-6-21(18)22;/h1-9,16,19,29H,10-15,17H2,(H,30,34);1H. The quantitative estimate of drug-likeness (QED) is 0.320. The van der Waals surface area contributed by atoms with E-state index >= 15 is 0 Å². The van der Waals surface area contributed by atoms with E-state index in [0.29, 0.717) is 49.6 Å². The molecule has 0 unspecified atom stereocenters. The third-order valence-corrected chi connectivity index (χ3v) is 7.87. The molecular weight excluding hydrogens is 531 g/mol. The molecular formula is C27H28Cl2N4O3S. The first-order chi connectivity index (χ1) is 17.5. The number of aromatic nitrogens is 1. The highest BCUT2D eigenvalue weighted by Crippen LogP contribution is 2.24. The Labute approximate surface area is 229 Å². The van der Waals surface area contributed by atoms with E-state index in [1.54, 1.807) is 23.1 Å². The molecule has 0 radical (unpaired) electrons. The summed E-state index contributed by atoms with van der Waals surface area (Å²) in [6.07, 6.45) is 1.22. The molecule has 2 heterocycles. The van der Waals surface area contributed by atoms with Gasteiger partial charge in [-0.25, -0.2) is 0 Å². The van der Waals surface area contributed by atoms with Crippen molar-refractivity contribution in [3.05, 3.63) is 75.4 Å². The zero-order chi connectivity index (χ0) is 25.1. The maximum absolute atomic E-state index is 12.9. The van der Waals surface area contributed by atoms with Crippen molar-refractivity contribution < 1.29 is 9.59 Å². The summed E-state index contributed by atoms with van der Waals surface area (Å²) < 4.78 is 2.29. The van der Waals surface area contributed by atoms with Crippen LogP contribution in [0.15, 0.2) is 65.5 Å². The summed E-state index contributed by atoms with van der Waals surface area (Å²) in [5.74, 6) is -0.207. The van der Waals surface area contributed by atoms with E-state index in [9.17, 15) is 14.4 Å². The van der Waals surface area contributed by atoms with Crippen LogP contribution in [-0.2, 0) is 16.1 Å². The molecule has 2 amide bonds. The predicted octanol–water partition coefficient (Wildman–Crippen LogP) is 4.76. The molecule has 1 aromatic heterocycles. The molecule has 0 saturated carbocycles. The van der Waals surface area contributed by atoms with Crippen LogP contribution in [0.3, 0.4) is 0 Å². The lowest BCUT2D eigenvalue weighted by atomic mass is 9.96. The van der Waals surface area contributed by atoms with Gasteiger partial charge in [-0.05, 0) is 42.5 Å². The predicted molar refractivity (Wildman–Crippen MR) is 153 cm³/mol. The molecule has 3 aromatic carbocycles. The number of hydrogen-bond acceptors (Lipinski definition) is 5. The highest BCUT2D eigenvalue weighted by molar-refractivity contribution is 7.16. The summed E-state index contributed by atoms with van der Waals surface area (Å²) in [7, 11) is 0. The Balaban J connectivity index is 0.00000320. The fraction of sp³-hybridized carbons (Fsp3) is 0.296. The Hall–Kier alpha value is -3.07. The number of fused-ring (bicyclic) bond motifs is 2. The Morgan fingerprint density at radius 3 is 2.57 bits per heavy atom. The van der Waals surface area contributed by atoms with Crippen molar-refractivity contribution >= 4 is 73.8 Å². The number of halogens is 2. The van der Waals surface area contributed by atoms with Gasteiger partial charge in [-0.2, -0.15) is 0 Å². The molecule has 1 fully saturated rings. The van der Waals surface area contributed by atoms with Crippen LogP contribution in [0.1, 0.15) is 12.8 Å². The Bertz CT molecular complexity index is 1470. The van der Waals surface area contributed by atoms with Gasteiger partial charge in [0.25, 0.3) is 0 Å². The number of carbonyl (C=O) groups is 2. The van der Waals surface area contributed by atoms with Gasteiger partial charge in [-0.1, -0.05) is 59.3 Å². The number of amides is 2. The van der Waals surface area contributed by atoms with E-state index in [2.05, 4.69) is 28.8 Å². The van der Waals surface area contributed by atoms with E-state index in [-0.39, 0.29) is 41.6 Å². The maximum atomic E-state index is 12.9. The van der Waals surface area contributed by atoms with Gasteiger partial charge >= 0.3 is 4.87 Å². The summed E-state index contributed by atoms with van der Waals surface area (Å²) in [5.41, 5.74) is 1.73. The van der Waals surface area contributed by atoms with Crippen LogP contribution in [0.25, 0.3) is 21.0 Å². The number of anilines is 1. The average Bonchev–Trinajstić information content (AvgIpc) is 3.20. The van der Waals surface area contributed by atoms with Gasteiger partial charge in [-0.15, -0.1) is 12.4 Å². The molecule has 0 atom stereocenters. The van der Waals surface area contributed by atoms with Crippen molar-refractivity contribution in [1.29, 1.82) is 0 Å². The van der Waals surface area contributed by atoms with Crippen molar-refractivity contribution in [2.75, 3.05) is 31.5 Å². The number of likely N-dealkylation sites (tertiary alicyclic amines) is 1. The van der Waals surface area contributed by atoms with Crippen molar-refractivity contribution in [3.8, 4) is 0 Å². The van der Waals surface area contributed by atoms with Crippen LogP contribution in [0, 0.1) is 5.92 Å². The third-order valence-electron chi connectivity index (χ3n) is 6.67. The molecule has 0 aliphatic carbocycles. The number of hydrogen-bond donors (Lipinski definition) is 2. The zero-order valence-electron chi connectivity index (χ0n) is 20.1. The van der Waals surface area contributed by atoms with E-state index in [4.69, 9.17) is 11.6 Å². The lowest BCUT2D eigenvalue weighted by Gasteiger charge is -2.31. The summed E-state index contributed by atoms with van der Waals surface area (Å²) in [6.45, 7) is 2.14. The number of rotatable bonds is 7. The van der Waals surface area contributed by atoms with Gasteiger partial charge in [0.15, 0.2) is 0 Å². The Morgan fingerprint density at radius 2 is 1.76 bits per heavy atom. The third kappa shape index (κ3) is 6.09. The number of benzene rings is 3. The Morgan fingerprint density at radius 1 is 1.00 bits per heavy atom. The number of nitrogens with zero attached hydrogens (tertiary/aromatic N) is 2. The molecule has 1 aliphatic rings. The first-order valence-corrected chi connectivity index (χ1v) is 13.2. The summed E-state index contributed by atoms with van der Waals surface area (Å²) >= 11 is 7.19. The number of thiazole rings is 1. The average molecular weight is 560 g/mol. The van der Waals surface area contributed by atoms with Gasteiger partial charge < -0.3 is 15.5 Å². The van der Waals surface area contributed by atoms with Crippen molar-refractivity contribution in [2.45, 2.75) is 19.4 Å².